The monoisotopic (exact) mass is 840 g/mol. The Morgan fingerprint density at radius 1 is 0.683 bits per heavy atom. The summed E-state index contributed by atoms with van der Waals surface area (Å²) in [5, 5.41) is 32.2. The van der Waals surface area contributed by atoms with Crippen LogP contribution >= 0.6 is 0 Å². The van der Waals surface area contributed by atoms with Crippen molar-refractivity contribution in [3.63, 3.8) is 0 Å². The molecule has 0 saturated carbocycles. The zero-order valence-corrected chi connectivity index (χ0v) is 36.3. The van der Waals surface area contributed by atoms with E-state index in [1.807, 2.05) is 58.0 Å². The molecule has 334 valence electrons. The third kappa shape index (κ3) is 15.8. The van der Waals surface area contributed by atoms with Crippen molar-refractivity contribution in [1.29, 1.82) is 0 Å². The molecule has 2 aliphatic heterocycles. The lowest BCUT2D eigenvalue weighted by atomic mass is 9.97. The molecule has 2 aliphatic rings. The van der Waals surface area contributed by atoms with E-state index in [4.69, 9.17) is 9.47 Å². The van der Waals surface area contributed by atoms with E-state index in [0.29, 0.717) is 58.2 Å². The first-order chi connectivity index (χ1) is 28.7. The minimum Gasteiger partial charge on any atom is -0.508 e. The van der Waals surface area contributed by atoms with Gasteiger partial charge < -0.3 is 45.4 Å². The van der Waals surface area contributed by atoms with Gasteiger partial charge in [-0.05, 0) is 41.5 Å². The number of hydrogen-bond donors (Lipinski definition) is 6. The van der Waals surface area contributed by atoms with Crippen molar-refractivity contribution in [1.82, 2.24) is 46.0 Å². The van der Waals surface area contributed by atoms with Gasteiger partial charge in [0.05, 0.1) is 38.6 Å². The number of amides is 6. The number of likely N-dealkylation sites (N-methyl/N-ethyl adjacent to an activating group) is 2. The van der Waals surface area contributed by atoms with Crippen molar-refractivity contribution in [3.05, 3.63) is 65.7 Å². The molecule has 0 bridgehead atoms. The van der Waals surface area contributed by atoms with Crippen LogP contribution in [0.1, 0.15) is 51.3 Å². The molecular weight excluding hydrogens is 771 g/mol. The van der Waals surface area contributed by atoms with Crippen molar-refractivity contribution < 1.29 is 38.9 Å². The van der Waals surface area contributed by atoms with Crippen molar-refractivity contribution in [2.75, 3.05) is 99.4 Å². The van der Waals surface area contributed by atoms with Crippen molar-refractivity contribution in [3.8, 4) is 5.75 Å². The molecule has 2 aromatic carbocycles. The summed E-state index contributed by atoms with van der Waals surface area (Å²) in [7, 11) is 3.41. The maximum atomic E-state index is 14.0. The number of nitrogens with one attached hydrogen (secondary N) is 4. The number of morpholine rings is 2. The smallest absolute Gasteiger partial charge is 0.317 e. The maximum absolute atomic E-state index is 14.0. The molecule has 2 heterocycles. The van der Waals surface area contributed by atoms with Gasteiger partial charge in [-0.1, -0.05) is 70.2 Å². The number of urea groups is 2. The quantitative estimate of drug-likeness (QED) is 0.101. The first kappa shape index (κ1) is 48.1. The van der Waals surface area contributed by atoms with Gasteiger partial charge >= 0.3 is 12.1 Å². The Morgan fingerprint density at radius 2 is 1.17 bits per heavy atom. The first-order valence-corrected chi connectivity index (χ1v) is 21.2. The second-order valence-electron chi connectivity index (χ2n) is 16.4. The number of nitrogens with zero attached hydrogens (tertiary/aromatic N) is 5. The Morgan fingerprint density at radius 3 is 1.65 bits per heavy atom. The summed E-state index contributed by atoms with van der Waals surface area (Å²) in [4.78, 5) is 62.1. The zero-order chi connectivity index (χ0) is 43.6. The van der Waals surface area contributed by atoms with E-state index in [0.717, 1.165) is 31.7 Å². The van der Waals surface area contributed by atoms with Crippen LogP contribution in [0.4, 0.5) is 9.59 Å². The van der Waals surface area contributed by atoms with Crippen LogP contribution in [0.3, 0.4) is 0 Å². The third-order valence-electron chi connectivity index (χ3n) is 11.0. The Labute approximate surface area is 355 Å². The number of aliphatic hydroxyl groups excluding tert-OH is 1. The number of benzene rings is 2. The molecule has 0 radical (unpaired) electrons. The lowest BCUT2D eigenvalue weighted by Gasteiger charge is -2.32. The molecule has 4 unspecified atom stereocenters. The highest BCUT2D eigenvalue weighted by atomic mass is 16.5. The second-order valence-corrected chi connectivity index (χ2v) is 16.4. The fourth-order valence-corrected chi connectivity index (χ4v) is 6.97. The summed E-state index contributed by atoms with van der Waals surface area (Å²) in [6.45, 7) is 16.0. The molecule has 2 aromatic rings. The molecular formula is C43H69N9O8. The van der Waals surface area contributed by atoms with E-state index < -0.39 is 36.0 Å². The summed E-state index contributed by atoms with van der Waals surface area (Å²) >= 11 is 0. The van der Waals surface area contributed by atoms with Crippen LogP contribution in [-0.4, -0.2) is 176 Å². The molecule has 2 saturated heterocycles. The molecule has 6 amide bonds. The Balaban J connectivity index is 1.43. The standard InChI is InChI=1S/C43H69N9O8/c1-31(2)37(45-42(57)48(5)18-20-50-22-26-59-27-23-50)40(55)44-39(34-10-8-7-9-11-34)36(54)16-17-52(30-33-12-14-35(53)15-13-33)47-41(56)38(32(3)4)46-43(58)49(6)19-21-51-24-28-60-29-25-51/h7-15,31-32,36-39,53-54H,16-30H2,1-6H3,(H,44,55)(H,45,57)(H,46,58)(H,47,56). The molecule has 0 spiro atoms. The number of aromatic hydroxyl groups is 1. The van der Waals surface area contributed by atoms with Crippen LogP contribution in [0, 0.1) is 11.8 Å². The Bertz CT molecular complexity index is 1610. The van der Waals surface area contributed by atoms with Gasteiger partial charge in [0, 0.05) is 79.5 Å². The van der Waals surface area contributed by atoms with Crippen LogP contribution < -0.4 is 21.4 Å². The molecule has 17 nitrogen and oxygen atoms in total. The highest BCUT2D eigenvalue weighted by Gasteiger charge is 2.32. The highest BCUT2D eigenvalue weighted by Crippen LogP contribution is 2.21. The molecule has 17 heteroatoms. The van der Waals surface area contributed by atoms with E-state index >= 15 is 0 Å². The van der Waals surface area contributed by atoms with Crippen LogP contribution in [0.2, 0.25) is 0 Å². The van der Waals surface area contributed by atoms with E-state index in [-0.39, 0.29) is 49.2 Å². The number of rotatable bonds is 21. The van der Waals surface area contributed by atoms with Gasteiger partial charge in [-0.25, -0.2) is 14.6 Å². The van der Waals surface area contributed by atoms with Crippen molar-refractivity contribution in [2.45, 2.75) is 64.9 Å². The number of phenolic OH excluding ortho intramolecular Hbond substituents is 1. The van der Waals surface area contributed by atoms with Crippen LogP contribution in [0.15, 0.2) is 54.6 Å². The van der Waals surface area contributed by atoms with Gasteiger partial charge in [-0.15, -0.1) is 0 Å². The average Bonchev–Trinajstić information content (AvgIpc) is 3.25. The molecule has 0 aliphatic carbocycles. The van der Waals surface area contributed by atoms with Crippen molar-refractivity contribution >= 4 is 23.9 Å². The molecule has 2 fully saturated rings. The Kier molecular flexibility index (Phi) is 19.8. The number of phenols is 1. The zero-order valence-electron chi connectivity index (χ0n) is 36.3. The number of hydrazine groups is 1. The second kappa shape index (κ2) is 24.7. The topological polar surface area (TPSA) is 192 Å². The maximum Gasteiger partial charge on any atom is 0.317 e. The number of hydrogen-bond acceptors (Lipinski definition) is 11. The first-order valence-electron chi connectivity index (χ1n) is 21.2. The number of carbonyl (C=O) groups is 4. The minimum absolute atomic E-state index is 0.0991. The van der Waals surface area contributed by atoms with Gasteiger partial charge in [0.15, 0.2) is 0 Å². The predicted octanol–water partition coefficient (Wildman–Crippen LogP) is 1.83. The SMILES string of the molecule is CC(C)C(NC(=O)N(C)CCN1CCOCC1)C(=O)NC(c1ccccc1)C(O)CCN(Cc1ccc(O)cc1)NC(=O)C(NC(=O)N(C)CCN1CCOCC1)C(C)C. The van der Waals surface area contributed by atoms with Gasteiger partial charge in [0.2, 0.25) is 5.91 Å². The highest BCUT2D eigenvalue weighted by molar-refractivity contribution is 5.88. The summed E-state index contributed by atoms with van der Waals surface area (Å²) in [5.74, 6) is -1.27. The van der Waals surface area contributed by atoms with Crippen LogP contribution in [0.5, 0.6) is 5.75 Å². The summed E-state index contributed by atoms with van der Waals surface area (Å²) in [6, 6.07) is 12.4. The molecule has 4 rings (SSSR count). The van der Waals surface area contributed by atoms with Crippen LogP contribution in [-0.2, 0) is 25.6 Å². The fourth-order valence-electron chi connectivity index (χ4n) is 6.97. The normalized spacial score (nSPS) is 17.1. The fraction of sp³-hybridized carbons (Fsp3) is 0.628. The lowest BCUT2D eigenvalue weighted by Crippen LogP contribution is -2.57. The van der Waals surface area contributed by atoms with Gasteiger partial charge in [0.1, 0.15) is 17.8 Å². The molecule has 6 N–H and O–H groups in total. The Hall–Kier alpha value is -4.52. The summed E-state index contributed by atoms with van der Waals surface area (Å²) < 4.78 is 10.8. The number of carbonyl (C=O) groups excluding carboxylic acids is 4. The number of aliphatic hydroxyl groups is 1. The molecule has 0 aromatic heterocycles. The molecule has 60 heavy (non-hydrogen) atoms. The van der Waals surface area contributed by atoms with E-state index in [2.05, 4.69) is 31.2 Å². The predicted molar refractivity (Wildman–Crippen MR) is 229 cm³/mol. The van der Waals surface area contributed by atoms with Gasteiger partial charge in [-0.2, -0.15) is 0 Å². The van der Waals surface area contributed by atoms with E-state index in [9.17, 15) is 29.4 Å². The van der Waals surface area contributed by atoms with E-state index in [1.165, 1.54) is 0 Å². The van der Waals surface area contributed by atoms with Gasteiger partial charge in [-0.3, -0.25) is 24.8 Å². The third-order valence-corrected chi connectivity index (χ3v) is 11.0. The van der Waals surface area contributed by atoms with E-state index in [1.54, 1.807) is 53.2 Å². The lowest BCUT2D eigenvalue weighted by molar-refractivity contribution is -0.129. The summed E-state index contributed by atoms with van der Waals surface area (Å²) in [5.41, 5.74) is 4.43. The minimum atomic E-state index is -1.11. The van der Waals surface area contributed by atoms with Crippen molar-refractivity contribution in [2.24, 2.45) is 11.8 Å². The largest absolute Gasteiger partial charge is 0.508 e. The summed E-state index contributed by atoms with van der Waals surface area (Å²) in [6.07, 6.45) is -1.000. The van der Waals surface area contributed by atoms with Gasteiger partial charge in [0.25, 0.3) is 5.91 Å². The molecule has 4 atom stereocenters. The number of ether oxygens (including phenoxy) is 2. The van der Waals surface area contributed by atoms with Crippen LogP contribution in [0.25, 0.3) is 0 Å². The average molecular weight is 840 g/mol.